The van der Waals surface area contributed by atoms with Crippen molar-refractivity contribution in [3.8, 4) is 11.3 Å². The van der Waals surface area contributed by atoms with Gasteiger partial charge in [-0.05, 0) is 25.1 Å². The van der Waals surface area contributed by atoms with E-state index in [1.165, 1.54) is 11.3 Å². The van der Waals surface area contributed by atoms with Crippen LogP contribution in [0.4, 0.5) is 16.8 Å². The van der Waals surface area contributed by atoms with E-state index in [2.05, 4.69) is 30.8 Å². The Kier molecular flexibility index (Phi) is 3.62. The summed E-state index contributed by atoms with van der Waals surface area (Å²) in [4.78, 5) is 20.9. The van der Waals surface area contributed by atoms with Gasteiger partial charge in [-0.3, -0.25) is 10.1 Å². The molecule has 7 nitrogen and oxygen atoms in total. The maximum Gasteiger partial charge on any atom is 0.229 e. The molecule has 24 heavy (non-hydrogen) atoms. The molecular weight excluding hydrogens is 348 g/mol. The van der Waals surface area contributed by atoms with Gasteiger partial charge in [-0.15, -0.1) is 10.2 Å². The molecule has 0 saturated carbocycles. The second-order valence-electron chi connectivity index (χ2n) is 5.23. The van der Waals surface area contributed by atoms with Crippen LogP contribution in [0.2, 0.25) is 5.02 Å². The van der Waals surface area contributed by atoms with Crippen molar-refractivity contribution in [3.63, 3.8) is 0 Å². The summed E-state index contributed by atoms with van der Waals surface area (Å²) >= 11 is 7.45. The molecule has 2 aromatic heterocycles. The van der Waals surface area contributed by atoms with E-state index in [0.717, 1.165) is 16.1 Å². The van der Waals surface area contributed by atoms with E-state index in [1.807, 2.05) is 13.0 Å². The van der Waals surface area contributed by atoms with Gasteiger partial charge >= 0.3 is 0 Å². The Bertz CT molecular complexity index is 957. The molecule has 0 fully saturated rings. The van der Waals surface area contributed by atoms with Gasteiger partial charge in [-0.1, -0.05) is 22.9 Å². The van der Waals surface area contributed by atoms with E-state index in [9.17, 15) is 4.79 Å². The van der Waals surface area contributed by atoms with Gasteiger partial charge in [0.25, 0.3) is 0 Å². The first-order valence-corrected chi connectivity index (χ1v) is 8.31. The molecule has 120 valence electrons. The molecule has 2 N–H and O–H groups in total. The fourth-order valence-electron chi connectivity index (χ4n) is 2.47. The molecule has 9 heteroatoms. The minimum atomic E-state index is -0.124. The smallest absolute Gasteiger partial charge is 0.229 e. The van der Waals surface area contributed by atoms with Crippen LogP contribution in [-0.2, 0) is 11.2 Å². The predicted molar refractivity (Wildman–Crippen MR) is 92.7 cm³/mol. The number of aromatic nitrogens is 4. The third kappa shape index (κ3) is 2.81. The lowest BCUT2D eigenvalue weighted by molar-refractivity contribution is -0.115. The average molecular weight is 359 g/mol. The lowest BCUT2D eigenvalue weighted by Crippen LogP contribution is -2.12. The normalized spacial score (nSPS) is 12.8. The first-order chi connectivity index (χ1) is 11.6. The molecule has 0 radical (unpaired) electrons. The van der Waals surface area contributed by atoms with E-state index in [1.54, 1.807) is 18.3 Å². The first-order valence-electron chi connectivity index (χ1n) is 7.11. The molecule has 0 saturated heterocycles. The number of nitrogens with zero attached hydrogens (tertiary/aromatic N) is 4. The fourth-order valence-corrected chi connectivity index (χ4v) is 3.22. The van der Waals surface area contributed by atoms with Gasteiger partial charge < -0.3 is 5.32 Å². The number of fused-ring (bicyclic) bond motifs is 3. The van der Waals surface area contributed by atoms with Gasteiger partial charge in [-0.25, -0.2) is 9.97 Å². The van der Waals surface area contributed by atoms with Crippen LogP contribution in [0.15, 0.2) is 24.4 Å². The molecule has 3 heterocycles. The highest BCUT2D eigenvalue weighted by Gasteiger charge is 2.21. The third-order valence-corrected chi connectivity index (χ3v) is 4.46. The van der Waals surface area contributed by atoms with Crippen LogP contribution < -0.4 is 10.6 Å². The van der Waals surface area contributed by atoms with Crippen molar-refractivity contribution in [3.05, 3.63) is 40.0 Å². The molecule has 0 bridgehead atoms. The van der Waals surface area contributed by atoms with Gasteiger partial charge in [0.15, 0.2) is 0 Å². The molecule has 1 aromatic carbocycles. The Hall–Kier alpha value is -2.58. The highest BCUT2D eigenvalue weighted by atomic mass is 35.5. The number of halogens is 1. The Morgan fingerprint density at radius 1 is 1.33 bits per heavy atom. The van der Waals surface area contributed by atoms with Gasteiger partial charge in [-0.2, -0.15) is 0 Å². The Morgan fingerprint density at radius 2 is 2.21 bits per heavy atom. The van der Waals surface area contributed by atoms with Crippen molar-refractivity contribution in [1.82, 2.24) is 20.2 Å². The van der Waals surface area contributed by atoms with Gasteiger partial charge in [0.2, 0.25) is 17.0 Å². The zero-order valence-electron chi connectivity index (χ0n) is 12.5. The Labute approximate surface area is 146 Å². The summed E-state index contributed by atoms with van der Waals surface area (Å²) in [5.41, 5.74) is 2.90. The second kappa shape index (κ2) is 5.81. The lowest BCUT2D eigenvalue weighted by Gasteiger charge is -2.09. The van der Waals surface area contributed by atoms with Crippen molar-refractivity contribution < 1.29 is 4.79 Å². The number of rotatable bonds is 2. The highest BCUT2D eigenvalue weighted by Crippen LogP contribution is 2.34. The zero-order chi connectivity index (χ0) is 16.7. The molecule has 0 spiro atoms. The van der Waals surface area contributed by atoms with Crippen molar-refractivity contribution in [1.29, 1.82) is 0 Å². The monoisotopic (exact) mass is 358 g/mol. The number of benzene rings is 1. The third-order valence-electron chi connectivity index (χ3n) is 3.47. The molecule has 0 atom stereocenters. The summed E-state index contributed by atoms with van der Waals surface area (Å²) < 4.78 is 0. The minimum absolute atomic E-state index is 0.124. The number of anilines is 3. The van der Waals surface area contributed by atoms with E-state index in [0.29, 0.717) is 27.5 Å². The van der Waals surface area contributed by atoms with Crippen LogP contribution >= 0.6 is 22.9 Å². The van der Waals surface area contributed by atoms with Crippen LogP contribution in [0.3, 0.4) is 0 Å². The molecule has 1 amide bonds. The number of hydrogen-bond acceptors (Lipinski definition) is 7. The topological polar surface area (TPSA) is 92.7 Å². The summed E-state index contributed by atoms with van der Waals surface area (Å²) in [5.74, 6) is 0.279. The second-order valence-corrected chi connectivity index (χ2v) is 6.85. The quantitative estimate of drug-likeness (QED) is 0.730. The number of carbonyl (C=O) groups excluding carboxylic acids is 1. The van der Waals surface area contributed by atoms with Gasteiger partial charge in [0.05, 0.1) is 17.8 Å². The van der Waals surface area contributed by atoms with Gasteiger partial charge in [0, 0.05) is 22.3 Å². The standard InChI is InChI=1S/C15H11ClN6OS/c1-7-21-22-15(24-7)20-14-17-6-8-4-12(23)18-11-5-9(16)2-3-10(11)13(8)19-14/h2-3,5-6H,4H2,1H3,(H,18,23)(H,17,19,20,22). The number of nitrogens with one attached hydrogen (secondary N) is 2. The molecule has 0 aliphatic carbocycles. The van der Waals surface area contributed by atoms with Crippen LogP contribution in [0.1, 0.15) is 10.6 Å². The highest BCUT2D eigenvalue weighted by molar-refractivity contribution is 7.15. The summed E-state index contributed by atoms with van der Waals surface area (Å²) in [6.07, 6.45) is 1.86. The SMILES string of the molecule is Cc1nnc(Nc2ncc3c(n2)-c2ccc(Cl)cc2NC(=O)C3)s1. The minimum Gasteiger partial charge on any atom is -0.325 e. The molecule has 1 aliphatic heterocycles. The maximum atomic E-state index is 12.1. The summed E-state index contributed by atoms with van der Waals surface area (Å²) in [5, 5.41) is 15.9. The number of carbonyl (C=O) groups is 1. The summed E-state index contributed by atoms with van der Waals surface area (Å²) in [6, 6.07) is 5.33. The zero-order valence-corrected chi connectivity index (χ0v) is 14.1. The lowest BCUT2D eigenvalue weighted by atomic mass is 10.1. The van der Waals surface area contributed by atoms with E-state index >= 15 is 0 Å². The van der Waals surface area contributed by atoms with E-state index in [-0.39, 0.29) is 12.3 Å². The average Bonchev–Trinajstić information content (AvgIpc) is 2.88. The largest absolute Gasteiger partial charge is 0.325 e. The number of hydrogen-bond donors (Lipinski definition) is 2. The molecule has 0 unspecified atom stereocenters. The van der Waals surface area contributed by atoms with Crippen LogP contribution in [-0.4, -0.2) is 26.1 Å². The van der Waals surface area contributed by atoms with E-state index in [4.69, 9.17) is 11.6 Å². The Balaban J connectivity index is 1.80. The summed E-state index contributed by atoms with van der Waals surface area (Å²) in [7, 11) is 0. The van der Waals surface area contributed by atoms with Crippen molar-refractivity contribution >= 4 is 45.6 Å². The number of aryl methyl sites for hydroxylation is 1. The molecule has 3 aromatic rings. The first kappa shape index (κ1) is 15.0. The Morgan fingerprint density at radius 3 is 3.00 bits per heavy atom. The van der Waals surface area contributed by atoms with Crippen LogP contribution in [0, 0.1) is 6.92 Å². The van der Waals surface area contributed by atoms with Crippen LogP contribution in [0.25, 0.3) is 11.3 Å². The fraction of sp³-hybridized carbons (Fsp3) is 0.133. The van der Waals surface area contributed by atoms with Crippen molar-refractivity contribution in [2.24, 2.45) is 0 Å². The molecular formula is C15H11ClN6OS. The van der Waals surface area contributed by atoms with Crippen molar-refractivity contribution in [2.75, 3.05) is 10.6 Å². The van der Waals surface area contributed by atoms with E-state index < -0.39 is 0 Å². The maximum absolute atomic E-state index is 12.1. The van der Waals surface area contributed by atoms with Gasteiger partial charge in [0.1, 0.15) is 5.01 Å². The van der Waals surface area contributed by atoms with Crippen molar-refractivity contribution in [2.45, 2.75) is 13.3 Å². The number of amides is 1. The summed E-state index contributed by atoms with van der Waals surface area (Å²) in [6.45, 7) is 1.87. The molecule has 4 rings (SSSR count). The molecule has 1 aliphatic rings. The van der Waals surface area contributed by atoms with Crippen LogP contribution in [0.5, 0.6) is 0 Å². The predicted octanol–water partition coefficient (Wildman–Crippen LogP) is 3.20.